The summed E-state index contributed by atoms with van der Waals surface area (Å²) in [7, 11) is 1.56. The molecule has 0 aromatic carbocycles. The molecule has 0 spiro atoms. The average Bonchev–Trinajstić information content (AvgIpc) is 2.80. The second-order valence-electron chi connectivity index (χ2n) is 4.77. The van der Waals surface area contributed by atoms with Crippen molar-refractivity contribution >= 4 is 5.91 Å². The molecule has 0 aliphatic heterocycles. The maximum Gasteiger partial charge on any atom is 0.276 e. The Kier molecular flexibility index (Phi) is 4.93. The summed E-state index contributed by atoms with van der Waals surface area (Å²) in [5.41, 5.74) is 0.317. The first-order chi connectivity index (χ1) is 9.26. The quantitative estimate of drug-likeness (QED) is 0.804. The molecule has 0 atom stereocenters. The van der Waals surface area contributed by atoms with Crippen molar-refractivity contribution < 1.29 is 19.2 Å². The normalized spacial score (nSPS) is 15.3. The van der Waals surface area contributed by atoms with E-state index in [4.69, 9.17) is 14.4 Å². The van der Waals surface area contributed by atoms with Crippen LogP contribution in [0.2, 0.25) is 0 Å². The molecule has 0 saturated heterocycles. The number of aliphatic hydroxyl groups is 1. The minimum atomic E-state index is -0.121. The van der Waals surface area contributed by atoms with Gasteiger partial charge >= 0.3 is 0 Å². The molecule has 1 saturated carbocycles. The van der Waals surface area contributed by atoms with Crippen LogP contribution < -0.4 is 0 Å². The number of aliphatic hydroxyl groups excluding tert-OH is 1. The van der Waals surface area contributed by atoms with Crippen LogP contribution in [0.4, 0.5) is 0 Å². The van der Waals surface area contributed by atoms with Crippen LogP contribution in [0.15, 0.2) is 10.6 Å². The second-order valence-corrected chi connectivity index (χ2v) is 4.77. The maximum absolute atomic E-state index is 12.4. The SMILES string of the molecule is COCc1cc(C(=O)N(CCCO)C2CCC2)no1. The highest BCUT2D eigenvalue weighted by Crippen LogP contribution is 2.26. The van der Waals surface area contributed by atoms with Gasteiger partial charge in [-0.1, -0.05) is 5.16 Å². The molecule has 0 radical (unpaired) electrons. The Labute approximate surface area is 112 Å². The first-order valence-electron chi connectivity index (χ1n) is 6.62. The number of carbonyl (C=O) groups excluding carboxylic acids is 1. The van der Waals surface area contributed by atoms with Gasteiger partial charge in [0.1, 0.15) is 6.61 Å². The minimum Gasteiger partial charge on any atom is -0.396 e. The molecule has 0 unspecified atom stereocenters. The molecular weight excluding hydrogens is 248 g/mol. The van der Waals surface area contributed by atoms with Crippen LogP contribution >= 0.6 is 0 Å². The number of aromatic nitrogens is 1. The Morgan fingerprint density at radius 3 is 3.00 bits per heavy atom. The molecule has 1 aliphatic carbocycles. The van der Waals surface area contributed by atoms with Gasteiger partial charge in [0, 0.05) is 32.4 Å². The first kappa shape index (κ1) is 14.0. The summed E-state index contributed by atoms with van der Waals surface area (Å²) >= 11 is 0. The maximum atomic E-state index is 12.4. The van der Waals surface area contributed by atoms with Gasteiger partial charge in [-0.05, 0) is 25.7 Å². The van der Waals surface area contributed by atoms with Crippen LogP contribution in [0.25, 0.3) is 0 Å². The van der Waals surface area contributed by atoms with Crippen molar-refractivity contribution in [1.82, 2.24) is 10.1 Å². The van der Waals surface area contributed by atoms with E-state index in [1.807, 2.05) is 0 Å². The van der Waals surface area contributed by atoms with Gasteiger partial charge in [-0.2, -0.15) is 0 Å². The Morgan fingerprint density at radius 2 is 2.42 bits per heavy atom. The van der Waals surface area contributed by atoms with Crippen molar-refractivity contribution in [3.63, 3.8) is 0 Å². The van der Waals surface area contributed by atoms with Crippen LogP contribution in [-0.2, 0) is 11.3 Å². The molecule has 0 bridgehead atoms. The molecule has 106 valence electrons. The van der Waals surface area contributed by atoms with Crippen LogP contribution in [0.3, 0.4) is 0 Å². The summed E-state index contributed by atoms with van der Waals surface area (Å²) in [6, 6.07) is 1.90. The molecule has 1 heterocycles. The van der Waals surface area contributed by atoms with Crippen molar-refractivity contribution in [2.75, 3.05) is 20.3 Å². The molecule has 1 aromatic heterocycles. The number of carbonyl (C=O) groups is 1. The predicted molar refractivity (Wildman–Crippen MR) is 67.6 cm³/mol. The molecule has 1 aliphatic rings. The molecule has 1 N–H and O–H groups in total. The molecule has 6 nitrogen and oxygen atoms in total. The third kappa shape index (κ3) is 3.33. The van der Waals surface area contributed by atoms with Crippen LogP contribution in [-0.4, -0.2) is 47.4 Å². The number of methoxy groups -OCH3 is 1. The fourth-order valence-corrected chi connectivity index (χ4v) is 2.16. The monoisotopic (exact) mass is 268 g/mol. The van der Waals surface area contributed by atoms with Crippen molar-refractivity contribution in [2.45, 2.75) is 38.3 Å². The van der Waals surface area contributed by atoms with E-state index in [0.29, 0.717) is 31.0 Å². The lowest BCUT2D eigenvalue weighted by Crippen LogP contribution is -2.45. The fraction of sp³-hybridized carbons (Fsp3) is 0.692. The van der Waals surface area contributed by atoms with Gasteiger partial charge in [0.15, 0.2) is 11.5 Å². The van der Waals surface area contributed by atoms with Crippen LogP contribution in [0, 0.1) is 0 Å². The van der Waals surface area contributed by atoms with Crippen molar-refractivity contribution in [1.29, 1.82) is 0 Å². The van der Waals surface area contributed by atoms with E-state index < -0.39 is 0 Å². The zero-order chi connectivity index (χ0) is 13.7. The number of amides is 1. The molecule has 19 heavy (non-hydrogen) atoms. The lowest BCUT2D eigenvalue weighted by molar-refractivity contribution is 0.0552. The Bertz CT molecular complexity index is 415. The van der Waals surface area contributed by atoms with E-state index in [2.05, 4.69) is 5.16 Å². The van der Waals surface area contributed by atoms with Crippen molar-refractivity contribution in [2.24, 2.45) is 0 Å². The number of ether oxygens (including phenoxy) is 1. The highest BCUT2D eigenvalue weighted by atomic mass is 16.5. The fourth-order valence-electron chi connectivity index (χ4n) is 2.16. The third-order valence-electron chi connectivity index (χ3n) is 3.40. The molecule has 2 rings (SSSR count). The zero-order valence-electron chi connectivity index (χ0n) is 11.2. The zero-order valence-corrected chi connectivity index (χ0v) is 11.2. The van der Waals surface area contributed by atoms with Gasteiger partial charge in [0.2, 0.25) is 0 Å². The van der Waals surface area contributed by atoms with Crippen LogP contribution in [0.1, 0.15) is 41.9 Å². The van der Waals surface area contributed by atoms with Gasteiger partial charge in [0.05, 0.1) is 0 Å². The Morgan fingerprint density at radius 1 is 1.63 bits per heavy atom. The average molecular weight is 268 g/mol. The van der Waals surface area contributed by atoms with Crippen molar-refractivity contribution in [3.05, 3.63) is 17.5 Å². The topological polar surface area (TPSA) is 75.8 Å². The summed E-state index contributed by atoms with van der Waals surface area (Å²) in [6.45, 7) is 0.955. The highest BCUT2D eigenvalue weighted by Gasteiger charge is 2.30. The van der Waals surface area contributed by atoms with Crippen molar-refractivity contribution in [3.8, 4) is 0 Å². The molecule has 1 amide bonds. The molecule has 1 aromatic rings. The number of rotatable bonds is 7. The summed E-state index contributed by atoms with van der Waals surface area (Å²) in [5, 5.41) is 12.7. The Balaban J connectivity index is 2.03. The lowest BCUT2D eigenvalue weighted by atomic mass is 9.91. The smallest absolute Gasteiger partial charge is 0.276 e. The lowest BCUT2D eigenvalue weighted by Gasteiger charge is -2.37. The van der Waals surface area contributed by atoms with E-state index in [1.54, 1.807) is 18.1 Å². The Hall–Kier alpha value is -1.40. The van der Waals surface area contributed by atoms with E-state index in [-0.39, 0.29) is 18.6 Å². The number of hydrogen-bond donors (Lipinski definition) is 1. The van der Waals surface area contributed by atoms with Gasteiger partial charge < -0.3 is 19.3 Å². The van der Waals surface area contributed by atoms with Gasteiger partial charge in [-0.25, -0.2) is 0 Å². The predicted octanol–water partition coefficient (Wildman–Crippen LogP) is 1.20. The van der Waals surface area contributed by atoms with Gasteiger partial charge in [-0.15, -0.1) is 0 Å². The summed E-state index contributed by atoms with van der Waals surface area (Å²) in [5.74, 6) is 0.422. The number of hydrogen-bond acceptors (Lipinski definition) is 5. The minimum absolute atomic E-state index is 0.0875. The second kappa shape index (κ2) is 6.68. The van der Waals surface area contributed by atoms with E-state index in [0.717, 1.165) is 19.3 Å². The van der Waals surface area contributed by atoms with E-state index >= 15 is 0 Å². The summed E-state index contributed by atoms with van der Waals surface area (Å²) in [6.07, 6.45) is 3.80. The first-order valence-corrected chi connectivity index (χ1v) is 6.62. The van der Waals surface area contributed by atoms with Crippen LogP contribution in [0.5, 0.6) is 0 Å². The summed E-state index contributed by atoms with van der Waals surface area (Å²) in [4.78, 5) is 14.2. The molecule has 1 fully saturated rings. The molecule has 6 heteroatoms. The third-order valence-corrected chi connectivity index (χ3v) is 3.40. The van der Waals surface area contributed by atoms with Gasteiger partial charge in [-0.3, -0.25) is 4.79 Å². The molecular formula is C13H20N2O4. The van der Waals surface area contributed by atoms with E-state index in [1.165, 1.54) is 0 Å². The van der Waals surface area contributed by atoms with Gasteiger partial charge in [0.25, 0.3) is 5.91 Å². The standard InChI is InChI=1S/C13H20N2O4/c1-18-9-11-8-12(14-19-11)13(17)15(6-3-7-16)10-4-2-5-10/h8,10,16H,2-7,9H2,1H3. The highest BCUT2D eigenvalue weighted by molar-refractivity contribution is 5.92. The summed E-state index contributed by atoms with van der Waals surface area (Å²) < 4.78 is 9.97. The van der Waals surface area contributed by atoms with E-state index in [9.17, 15) is 4.79 Å². The number of nitrogens with zero attached hydrogens (tertiary/aromatic N) is 2. The largest absolute Gasteiger partial charge is 0.396 e.